The largest absolute Gasteiger partial charge is 0.490 e. The molecule has 1 atom stereocenters. The van der Waals surface area contributed by atoms with E-state index >= 15 is 0 Å². The standard InChI is InChI=1S/C18H19N3O2S.2C2HF3O2/c22-17(16-6-2-4-8-20-16)21-12-18(13-21)9-15(11-24-18)23-10-14-5-1-3-7-19-14;2*3-2(4,5)1(6)7/h1-8,15H,9-13H2;2*(H,6,7). The zero-order valence-corrected chi connectivity index (χ0v) is 20.1. The first-order valence-electron chi connectivity index (χ1n) is 10.6. The topological polar surface area (TPSA) is 130 Å². The van der Waals surface area contributed by atoms with E-state index in [1.807, 2.05) is 47.0 Å². The minimum absolute atomic E-state index is 0.0275. The Morgan fingerprint density at radius 3 is 1.92 bits per heavy atom. The number of alkyl halides is 6. The molecule has 2 aromatic rings. The number of carboxylic acid groups (broad SMARTS) is 2. The van der Waals surface area contributed by atoms with Gasteiger partial charge in [-0.15, -0.1) is 11.8 Å². The van der Waals surface area contributed by atoms with Crippen LogP contribution in [0.5, 0.6) is 0 Å². The van der Waals surface area contributed by atoms with Crippen LogP contribution in [0.1, 0.15) is 22.6 Å². The van der Waals surface area contributed by atoms with Gasteiger partial charge in [-0.1, -0.05) is 12.1 Å². The number of pyridine rings is 2. The number of halogens is 6. The lowest BCUT2D eigenvalue weighted by molar-refractivity contribution is -0.193. The van der Waals surface area contributed by atoms with Crippen LogP contribution in [0.4, 0.5) is 26.3 Å². The third kappa shape index (κ3) is 9.48. The Hall–Kier alpha value is -3.40. The second kappa shape index (κ2) is 12.9. The number of hydrogen-bond acceptors (Lipinski definition) is 7. The van der Waals surface area contributed by atoms with Crippen LogP contribution in [0, 0.1) is 0 Å². The second-order valence-electron chi connectivity index (χ2n) is 7.93. The zero-order valence-electron chi connectivity index (χ0n) is 19.3. The molecule has 0 saturated carbocycles. The van der Waals surface area contributed by atoms with Crippen LogP contribution in [0.3, 0.4) is 0 Å². The highest BCUT2D eigenvalue weighted by Crippen LogP contribution is 2.46. The van der Waals surface area contributed by atoms with Gasteiger partial charge >= 0.3 is 24.3 Å². The summed E-state index contributed by atoms with van der Waals surface area (Å²) in [6, 6.07) is 11.3. The van der Waals surface area contributed by atoms with Crippen molar-refractivity contribution in [3.05, 3.63) is 60.2 Å². The van der Waals surface area contributed by atoms with E-state index in [2.05, 4.69) is 9.97 Å². The van der Waals surface area contributed by atoms with Gasteiger partial charge in [0.1, 0.15) is 5.69 Å². The maximum absolute atomic E-state index is 12.4. The highest BCUT2D eigenvalue weighted by atomic mass is 32.2. The molecule has 4 rings (SSSR count). The molecule has 2 N–H and O–H groups in total. The number of aliphatic carboxylic acids is 2. The van der Waals surface area contributed by atoms with Crippen molar-refractivity contribution in [3.63, 3.8) is 0 Å². The van der Waals surface area contributed by atoms with Crippen LogP contribution < -0.4 is 0 Å². The molecule has 1 unspecified atom stereocenters. The number of aromatic nitrogens is 2. The summed E-state index contributed by atoms with van der Waals surface area (Å²) in [5, 5.41) is 14.2. The Bertz CT molecular complexity index is 1060. The monoisotopic (exact) mass is 569 g/mol. The molecular weight excluding hydrogens is 548 g/mol. The summed E-state index contributed by atoms with van der Waals surface area (Å²) >= 11 is 1.93. The first-order valence-corrected chi connectivity index (χ1v) is 11.6. The van der Waals surface area contributed by atoms with E-state index in [1.165, 1.54) is 0 Å². The summed E-state index contributed by atoms with van der Waals surface area (Å²) in [5.74, 6) is -4.50. The van der Waals surface area contributed by atoms with Crippen molar-refractivity contribution in [2.75, 3.05) is 18.8 Å². The fourth-order valence-corrected chi connectivity index (χ4v) is 4.81. The molecule has 0 aromatic carbocycles. The molecule has 1 spiro atoms. The first kappa shape index (κ1) is 30.8. The lowest BCUT2D eigenvalue weighted by Gasteiger charge is -2.47. The molecule has 2 aliphatic heterocycles. The van der Waals surface area contributed by atoms with Gasteiger partial charge in [0.15, 0.2) is 0 Å². The highest BCUT2D eigenvalue weighted by Gasteiger charge is 2.51. The Labute approximate surface area is 215 Å². The first-order chi connectivity index (χ1) is 17.6. The number of likely N-dealkylation sites (tertiary alicyclic amines) is 1. The Balaban J connectivity index is 0.000000301. The number of carbonyl (C=O) groups is 3. The molecule has 2 aromatic heterocycles. The van der Waals surface area contributed by atoms with Gasteiger partial charge in [0.25, 0.3) is 5.91 Å². The van der Waals surface area contributed by atoms with Crippen molar-refractivity contribution < 1.29 is 55.7 Å². The Morgan fingerprint density at radius 1 is 0.947 bits per heavy atom. The van der Waals surface area contributed by atoms with Gasteiger partial charge in [-0.05, 0) is 30.7 Å². The number of hydrogen-bond donors (Lipinski definition) is 2. The molecule has 2 saturated heterocycles. The van der Waals surface area contributed by atoms with Gasteiger partial charge in [-0.2, -0.15) is 26.3 Å². The van der Waals surface area contributed by atoms with Crippen molar-refractivity contribution in [1.29, 1.82) is 0 Å². The molecule has 1 amide bonds. The predicted molar refractivity (Wildman–Crippen MR) is 120 cm³/mol. The molecule has 2 aliphatic rings. The van der Waals surface area contributed by atoms with Crippen LogP contribution in [0.25, 0.3) is 0 Å². The molecule has 0 aliphatic carbocycles. The minimum Gasteiger partial charge on any atom is -0.475 e. The zero-order chi connectivity index (χ0) is 28.6. The normalized spacial score (nSPS) is 17.8. The maximum atomic E-state index is 12.4. The summed E-state index contributed by atoms with van der Waals surface area (Å²) < 4.78 is 69.6. The van der Waals surface area contributed by atoms with E-state index in [4.69, 9.17) is 24.5 Å². The molecule has 38 heavy (non-hydrogen) atoms. The SMILES string of the molecule is O=C(O)C(F)(F)F.O=C(O)C(F)(F)F.O=C(c1ccccn1)N1CC2(CC(OCc3ccccn3)CS2)C1. The molecule has 0 radical (unpaired) electrons. The Kier molecular flexibility index (Phi) is 10.5. The number of carbonyl (C=O) groups excluding carboxylic acids is 1. The van der Waals surface area contributed by atoms with Crippen molar-refractivity contribution >= 4 is 29.6 Å². The van der Waals surface area contributed by atoms with Crippen molar-refractivity contribution in [1.82, 2.24) is 14.9 Å². The van der Waals surface area contributed by atoms with Gasteiger partial charge in [-0.25, -0.2) is 9.59 Å². The van der Waals surface area contributed by atoms with E-state index in [0.29, 0.717) is 12.3 Å². The lowest BCUT2D eigenvalue weighted by atomic mass is 9.92. The Morgan fingerprint density at radius 2 is 1.47 bits per heavy atom. The fourth-order valence-electron chi connectivity index (χ4n) is 3.26. The number of amides is 1. The van der Waals surface area contributed by atoms with E-state index in [9.17, 15) is 31.1 Å². The second-order valence-corrected chi connectivity index (χ2v) is 9.42. The fraction of sp³-hybridized carbons (Fsp3) is 0.409. The number of nitrogens with zero attached hydrogens (tertiary/aromatic N) is 3. The van der Waals surface area contributed by atoms with Crippen molar-refractivity contribution in [2.45, 2.75) is 36.2 Å². The molecule has 208 valence electrons. The average Bonchev–Trinajstić information content (AvgIpc) is 3.27. The van der Waals surface area contributed by atoms with Gasteiger partial charge in [0, 0.05) is 31.2 Å². The van der Waals surface area contributed by atoms with Gasteiger partial charge < -0.3 is 19.8 Å². The van der Waals surface area contributed by atoms with Crippen LogP contribution in [-0.4, -0.2) is 85.0 Å². The molecule has 4 heterocycles. The average molecular weight is 569 g/mol. The summed E-state index contributed by atoms with van der Waals surface area (Å²) in [6.07, 6.45) is -5.48. The summed E-state index contributed by atoms with van der Waals surface area (Å²) in [4.78, 5) is 40.5. The minimum atomic E-state index is -5.08. The van der Waals surface area contributed by atoms with Crippen LogP contribution in [0.2, 0.25) is 0 Å². The summed E-state index contributed by atoms with van der Waals surface area (Å²) in [5.41, 5.74) is 1.49. The molecule has 16 heteroatoms. The third-order valence-electron chi connectivity index (χ3n) is 4.98. The number of rotatable bonds is 4. The van der Waals surface area contributed by atoms with E-state index in [0.717, 1.165) is 31.0 Å². The predicted octanol–water partition coefficient (Wildman–Crippen LogP) is 3.66. The highest BCUT2D eigenvalue weighted by molar-refractivity contribution is 8.01. The van der Waals surface area contributed by atoms with Crippen molar-refractivity contribution in [3.8, 4) is 0 Å². The van der Waals surface area contributed by atoms with Gasteiger partial charge in [0.05, 0.1) is 23.2 Å². The van der Waals surface area contributed by atoms with E-state index < -0.39 is 24.3 Å². The number of carboxylic acids is 2. The number of ether oxygens (including phenoxy) is 1. The summed E-state index contributed by atoms with van der Waals surface area (Å²) in [7, 11) is 0. The summed E-state index contributed by atoms with van der Waals surface area (Å²) in [6.45, 7) is 2.13. The lowest BCUT2D eigenvalue weighted by Crippen LogP contribution is -2.60. The van der Waals surface area contributed by atoms with Crippen molar-refractivity contribution in [2.24, 2.45) is 0 Å². The van der Waals surface area contributed by atoms with Gasteiger partial charge in [-0.3, -0.25) is 14.8 Å². The molecule has 0 bridgehead atoms. The van der Waals surface area contributed by atoms with Crippen LogP contribution in [0.15, 0.2) is 48.8 Å². The van der Waals surface area contributed by atoms with Crippen LogP contribution in [-0.2, 0) is 20.9 Å². The van der Waals surface area contributed by atoms with Crippen LogP contribution >= 0.6 is 11.8 Å². The molecule has 9 nitrogen and oxygen atoms in total. The molecule has 2 fully saturated rings. The van der Waals surface area contributed by atoms with Gasteiger partial charge in [0.2, 0.25) is 0 Å². The van der Waals surface area contributed by atoms with E-state index in [-0.39, 0.29) is 16.8 Å². The maximum Gasteiger partial charge on any atom is 0.490 e. The molecular formula is C22H21F6N3O6S. The third-order valence-corrected chi connectivity index (χ3v) is 6.56. The number of thioether (sulfide) groups is 1. The smallest absolute Gasteiger partial charge is 0.475 e. The quantitative estimate of drug-likeness (QED) is 0.530. The van der Waals surface area contributed by atoms with E-state index in [1.54, 1.807) is 18.5 Å².